The van der Waals surface area contributed by atoms with Gasteiger partial charge in [-0.05, 0) is 30.3 Å². The van der Waals surface area contributed by atoms with Crippen LogP contribution in [0.4, 0.5) is 14.5 Å². The van der Waals surface area contributed by atoms with Crippen LogP contribution in [0.1, 0.15) is 0 Å². The van der Waals surface area contributed by atoms with Gasteiger partial charge in [0.25, 0.3) is 5.56 Å². The first-order valence-corrected chi connectivity index (χ1v) is 7.80. The highest BCUT2D eigenvalue weighted by molar-refractivity contribution is 6.31. The normalized spacial score (nSPS) is 10.9. The maximum Gasteiger partial charge on any atom is 0.387 e. The Labute approximate surface area is 151 Å². The van der Waals surface area contributed by atoms with Crippen molar-refractivity contribution in [3.05, 3.63) is 64.2 Å². The number of carbonyl (C=O) groups is 1. The van der Waals surface area contributed by atoms with Crippen LogP contribution in [0.25, 0.3) is 10.9 Å². The quantitative estimate of drug-likeness (QED) is 0.738. The van der Waals surface area contributed by atoms with Gasteiger partial charge in [-0.3, -0.25) is 14.2 Å². The van der Waals surface area contributed by atoms with Crippen molar-refractivity contribution in [3.63, 3.8) is 0 Å². The van der Waals surface area contributed by atoms with Gasteiger partial charge in [0.15, 0.2) is 0 Å². The molecule has 2 aromatic carbocycles. The summed E-state index contributed by atoms with van der Waals surface area (Å²) in [5.41, 5.74) is 0.0825. The highest BCUT2D eigenvalue weighted by Crippen LogP contribution is 2.25. The summed E-state index contributed by atoms with van der Waals surface area (Å²) in [6.45, 7) is -3.37. The molecule has 1 N–H and O–H groups in total. The van der Waals surface area contributed by atoms with Crippen molar-refractivity contribution >= 4 is 34.1 Å². The Bertz CT molecular complexity index is 1020. The summed E-state index contributed by atoms with van der Waals surface area (Å²) >= 11 is 5.88. The van der Waals surface area contributed by atoms with E-state index in [1.54, 1.807) is 18.2 Å². The molecule has 6 nitrogen and oxygen atoms in total. The van der Waals surface area contributed by atoms with Gasteiger partial charge >= 0.3 is 6.61 Å². The Balaban J connectivity index is 1.82. The lowest BCUT2D eigenvalue weighted by molar-refractivity contribution is -0.116. The Morgan fingerprint density at radius 1 is 1.27 bits per heavy atom. The molecule has 0 aliphatic heterocycles. The van der Waals surface area contributed by atoms with Gasteiger partial charge in [-0.2, -0.15) is 8.78 Å². The van der Waals surface area contributed by atoms with Crippen LogP contribution in [0.3, 0.4) is 0 Å². The lowest BCUT2D eigenvalue weighted by Crippen LogP contribution is -2.28. The predicted molar refractivity (Wildman–Crippen MR) is 92.7 cm³/mol. The van der Waals surface area contributed by atoms with Gasteiger partial charge in [0, 0.05) is 5.02 Å². The van der Waals surface area contributed by atoms with Gasteiger partial charge in [-0.15, -0.1) is 0 Å². The average Bonchev–Trinajstić information content (AvgIpc) is 2.59. The van der Waals surface area contributed by atoms with Crippen LogP contribution >= 0.6 is 11.6 Å². The van der Waals surface area contributed by atoms with Crippen LogP contribution in [0.15, 0.2) is 53.6 Å². The number of hydrogen-bond donors (Lipinski definition) is 1. The number of aromatic nitrogens is 2. The monoisotopic (exact) mass is 379 g/mol. The number of hydrogen-bond acceptors (Lipinski definition) is 4. The van der Waals surface area contributed by atoms with E-state index in [4.69, 9.17) is 11.6 Å². The minimum Gasteiger partial charge on any atom is -0.433 e. The minimum absolute atomic E-state index is 0.0719. The van der Waals surface area contributed by atoms with Gasteiger partial charge in [0.05, 0.1) is 22.9 Å². The maximum atomic E-state index is 12.4. The number of nitrogens with zero attached hydrogens (tertiary/aromatic N) is 2. The molecule has 0 aliphatic carbocycles. The number of ether oxygens (including phenoxy) is 1. The summed E-state index contributed by atoms with van der Waals surface area (Å²) in [5, 5.41) is 3.08. The van der Waals surface area contributed by atoms with Crippen molar-refractivity contribution in [2.75, 3.05) is 5.32 Å². The molecule has 0 spiro atoms. The predicted octanol–water partition coefficient (Wildman–Crippen LogP) is 3.29. The van der Waals surface area contributed by atoms with Crippen molar-refractivity contribution in [3.8, 4) is 5.75 Å². The number of nitrogens with one attached hydrogen (secondary N) is 1. The van der Waals surface area contributed by atoms with E-state index in [1.165, 1.54) is 30.6 Å². The van der Waals surface area contributed by atoms with E-state index < -0.39 is 18.1 Å². The molecule has 0 fully saturated rings. The third-order valence-electron chi connectivity index (χ3n) is 3.48. The molecule has 134 valence electrons. The molecule has 0 unspecified atom stereocenters. The number of para-hydroxylation sites is 2. The lowest BCUT2D eigenvalue weighted by atomic mass is 10.2. The number of benzene rings is 2. The van der Waals surface area contributed by atoms with Gasteiger partial charge in [-0.25, -0.2) is 4.98 Å². The molecule has 0 bridgehead atoms. The summed E-state index contributed by atoms with van der Waals surface area (Å²) in [4.78, 5) is 28.7. The molecule has 0 saturated carbocycles. The van der Waals surface area contributed by atoms with E-state index in [-0.39, 0.29) is 23.4 Å². The molecule has 0 aliphatic rings. The van der Waals surface area contributed by atoms with Crippen LogP contribution in [0, 0.1) is 0 Å². The molecule has 3 aromatic rings. The Hall–Kier alpha value is -3.00. The topological polar surface area (TPSA) is 73.2 Å². The SMILES string of the molecule is O=C(Cn1cnc2ccc(Cl)cc2c1=O)Nc1ccccc1OC(F)F. The first-order chi connectivity index (χ1) is 12.4. The van der Waals surface area contributed by atoms with Gasteiger partial charge in [-0.1, -0.05) is 23.7 Å². The summed E-state index contributed by atoms with van der Waals surface area (Å²) < 4.78 is 30.3. The van der Waals surface area contributed by atoms with Crippen molar-refractivity contribution in [2.45, 2.75) is 13.2 Å². The number of carbonyl (C=O) groups excluding carboxylic acids is 1. The second-order valence-corrected chi connectivity index (χ2v) is 5.70. The molecule has 9 heteroatoms. The highest BCUT2D eigenvalue weighted by atomic mass is 35.5. The molecule has 1 aromatic heterocycles. The number of rotatable bonds is 5. The second-order valence-electron chi connectivity index (χ2n) is 5.26. The van der Waals surface area contributed by atoms with Crippen molar-refractivity contribution < 1.29 is 18.3 Å². The lowest BCUT2D eigenvalue weighted by Gasteiger charge is -2.12. The van der Waals surface area contributed by atoms with Crippen molar-refractivity contribution in [1.29, 1.82) is 0 Å². The van der Waals surface area contributed by atoms with E-state index >= 15 is 0 Å². The molecule has 0 saturated heterocycles. The van der Waals surface area contributed by atoms with Crippen LogP contribution < -0.4 is 15.6 Å². The molecule has 1 amide bonds. The molecule has 0 atom stereocenters. The summed E-state index contributed by atoms with van der Waals surface area (Å²) in [5.74, 6) is -0.771. The van der Waals surface area contributed by atoms with E-state index in [9.17, 15) is 18.4 Å². The largest absolute Gasteiger partial charge is 0.433 e. The Morgan fingerprint density at radius 2 is 2.04 bits per heavy atom. The number of fused-ring (bicyclic) bond motifs is 1. The molecule has 0 radical (unpaired) electrons. The first kappa shape index (κ1) is 17.8. The van der Waals surface area contributed by atoms with Gasteiger partial charge < -0.3 is 10.1 Å². The smallest absolute Gasteiger partial charge is 0.387 e. The maximum absolute atomic E-state index is 12.4. The Kier molecular flexibility index (Phi) is 5.13. The van der Waals surface area contributed by atoms with E-state index in [0.29, 0.717) is 10.5 Å². The summed E-state index contributed by atoms with van der Waals surface area (Å²) in [6, 6.07) is 10.4. The fourth-order valence-corrected chi connectivity index (χ4v) is 2.53. The number of amides is 1. The van der Waals surface area contributed by atoms with E-state index in [2.05, 4.69) is 15.0 Å². The zero-order valence-corrected chi connectivity index (χ0v) is 13.9. The average molecular weight is 380 g/mol. The minimum atomic E-state index is -3.02. The van der Waals surface area contributed by atoms with Crippen LogP contribution in [0.5, 0.6) is 5.75 Å². The van der Waals surface area contributed by atoms with Crippen molar-refractivity contribution in [1.82, 2.24) is 9.55 Å². The molecular weight excluding hydrogens is 368 g/mol. The first-order valence-electron chi connectivity index (χ1n) is 7.42. The third-order valence-corrected chi connectivity index (χ3v) is 3.71. The number of anilines is 1. The second kappa shape index (κ2) is 7.49. The summed E-state index contributed by atoms with van der Waals surface area (Å²) in [6.07, 6.45) is 1.24. The molecule has 26 heavy (non-hydrogen) atoms. The van der Waals surface area contributed by atoms with E-state index in [0.717, 1.165) is 4.57 Å². The van der Waals surface area contributed by atoms with Gasteiger partial charge in [0.2, 0.25) is 5.91 Å². The Morgan fingerprint density at radius 3 is 2.81 bits per heavy atom. The molecular formula is C17H12ClF2N3O3. The zero-order chi connectivity index (χ0) is 18.7. The molecule has 1 heterocycles. The van der Waals surface area contributed by atoms with E-state index in [1.807, 2.05) is 0 Å². The number of alkyl halides is 2. The zero-order valence-electron chi connectivity index (χ0n) is 13.2. The molecule has 3 rings (SSSR count). The van der Waals surface area contributed by atoms with Crippen molar-refractivity contribution in [2.24, 2.45) is 0 Å². The standard InChI is InChI=1S/C17H12ClF2N3O3/c18-10-5-6-12-11(7-10)16(25)23(9-21-12)8-15(24)22-13-3-1-2-4-14(13)26-17(19)20/h1-7,9,17H,8H2,(H,22,24). The van der Waals surface area contributed by atoms with Crippen LogP contribution in [0.2, 0.25) is 5.02 Å². The van der Waals surface area contributed by atoms with Crippen LogP contribution in [-0.2, 0) is 11.3 Å². The van der Waals surface area contributed by atoms with Gasteiger partial charge in [0.1, 0.15) is 12.3 Å². The highest BCUT2D eigenvalue weighted by Gasteiger charge is 2.13. The van der Waals surface area contributed by atoms with Crippen LogP contribution in [-0.4, -0.2) is 22.1 Å². The summed E-state index contributed by atoms with van der Waals surface area (Å²) in [7, 11) is 0. The number of halogens is 3. The fourth-order valence-electron chi connectivity index (χ4n) is 2.36. The fraction of sp³-hybridized carbons (Fsp3) is 0.118. The third kappa shape index (κ3) is 3.97.